The number of fused-ring (bicyclic) bond motifs is 1. The van der Waals surface area contributed by atoms with Crippen molar-refractivity contribution in [3.05, 3.63) is 29.8 Å². The molecule has 0 amide bonds. The first-order valence-electron chi connectivity index (χ1n) is 11.2. The molecule has 2 N–H and O–H groups in total. The van der Waals surface area contributed by atoms with Crippen molar-refractivity contribution in [3.8, 4) is 0 Å². The van der Waals surface area contributed by atoms with Gasteiger partial charge in [-0.05, 0) is 75.3 Å². The van der Waals surface area contributed by atoms with Gasteiger partial charge in [-0.2, -0.15) is 0 Å². The molecule has 2 saturated heterocycles. The number of likely N-dealkylation sites (N-methyl/N-ethyl adjacent to an activating group) is 1. The molecule has 1 aromatic heterocycles. The molecular weight excluding hydrogens is 392 g/mol. The molecule has 4 rings (SSSR count). The van der Waals surface area contributed by atoms with E-state index in [0.717, 1.165) is 69.4 Å². The average Bonchev–Trinajstić information content (AvgIpc) is 2.76. The van der Waals surface area contributed by atoms with E-state index in [1.165, 1.54) is 30.2 Å². The Morgan fingerprint density at radius 2 is 1.80 bits per heavy atom. The number of thiocarbonyl (C=S) groups is 1. The van der Waals surface area contributed by atoms with Crippen molar-refractivity contribution < 1.29 is 0 Å². The van der Waals surface area contributed by atoms with Crippen LogP contribution in [-0.2, 0) is 0 Å². The second kappa shape index (κ2) is 9.90. The maximum Gasteiger partial charge on any atom is 0.170 e. The summed E-state index contributed by atoms with van der Waals surface area (Å²) in [6, 6.07) is 8.56. The van der Waals surface area contributed by atoms with Crippen molar-refractivity contribution in [3.63, 3.8) is 0 Å². The van der Waals surface area contributed by atoms with E-state index in [0.29, 0.717) is 5.11 Å². The molecule has 0 spiro atoms. The van der Waals surface area contributed by atoms with Crippen LogP contribution in [0.3, 0.4) is 0 Å². The molecule has 30 heavy (non-hydrogen) atoms. The van der Waals surface area contributed by atoms with Gasteiger partial charge in [0.25, 0.3) is 0 Å². The number of hydrogen-bond donors (Lipinski definition) is 2. The molecule has 0 radical (unpaired) electrons. The van der Waals surface area contributed by atoms with Gasteiger partial charge in [-0.1, -0.05) is 0 Å². The molecule has 2 fully saturated rings. The third-order valence-corrected chi connectivity index (χ3v) is 6.50. The Morgan fingerprint density at radius 3 is 2.57 bits per heavy atom. The van der Waals surface area contributed by atoms with Crippen LogP contribution in [0, 0.1) is 6.92 Å². The number of anilines is 2. The fourth-order valence-electron chi connectivity index (χ4n) is 4.31. The van der Waals surface area contributed by atoms with Crippen LogP contribution in [0.1, 0.15) is 24.8 Å². The minimum atomic E-state index is 0.680. The largest absolute Gasteiger partial charge is 0.361 e. The number of pyridine rings is 1. The topological polar surface area (TPSA) is 46.7 Å². The van der Waals surface area contributed by atoms with Gasteiger partial charge in [-0.3, -0.25) is 4.90 Å². The van der Waals surface area contributed by atoms with Crippen LogP contribution in [-0.4, -0.2) is 79.3 Å². The van der Waals surface area contributed by atoms with E-state index >= 15 is 0 Å². The summed E-state index contributed by atoms with van der Waals surface area (Å²) in [6.45, 7) is 10.9. The minimum Gasteiger partial charge on any atom is -0.361 e. The van der Waals surface area contributed by atoms with E-state index in [-0.39, 0.29) is 0 Å². The number of aryl methyl sites for hydroxylation is 1. The molecule has 3 heterocycles. The van der Waals surface area contributed by atoms with Gasteiger partial charge < -0.3 is 20.4 Å². The van der Waals surface area contributed by atoms with E-state index in [9.17, 15) is 0 Å². The lowest BCUT2D eigenvalue weighted by Crippen LogP contribution is -2.47. The summed E-state index contributed by atoms with van der Waals surface area (Å²) in [5.74, 6) is 1.11. The van der Waals surface area contributed by atoms with Gasteiger partial charge in [-0.15, -0.1) is 0 Å². The number of benzene rings is 1. The monoisotopic (exact) mass is 426 g/mol. The number of piperidine rings is 1. The Morgan fingerprint density at radius 1 is 1.03 bits per heavy atom. The lowest BCUT2D eigenvalue weighted by molar-refractivity contribution is 0.156. The van der Waals surface area contributed by atoms with E-state index < -0.39 is 0 Å². The van der Waals surface area contributed by atoms with Gasteiger partial charge >= 0.3 is 0 Å². The smallest absolute Gasteiger partial charge is 0.170 e. The normalized spacial score (nSPS) is 18.5. The van der Waals surface area contributed by atoms with Crippen LogP contribution in [0.15, 0.2) is 24.3 Å². The van der Waals surface area contributed by atoms with E-state index in [4.69, 9.17) is 17.2 Å². The summed E-state index contributed by atoms with van der Waals surface area (Å²) in [5.41, 5.74) is 3.32. The number of hydrogen-bond acceptors (Lipinski definition) is 5. The summed E-state index contributed by atoms with van der Waals surface area (Å²) in [7, 11) is 2.18. The predicted molar refractivity (Wildman–Crippen MR) is 131 cm³/mol. The summed E-state index contributed by atoms with van der Waals surface area (Å²) < 4.78 is 0. The first kappa shape index (κ1) is 21.3. The summed E-state index contributed by atoms with van der Waals surface area (Å²) in [6.07, 6.45) is 3.86. The second-order valence-electron chi connectivity index (χ2n) is 8.60. The summed E-state index contributed by atoms with van der Waals surface area (Å²) in [4.78, 5) is 12.2. The second-order valence-corrected chi connectivity index (χ2v) is 9.01. The van der Waals surface area contributed by atoms with Gasteiger partial charge in [0.2, 0.25) is 0 Å². The number of nitrogens with zero attached hydrogens (tertiary/aromatic N) is 4. The van der Waals surface area contributed by atoms with E-state index in [2.05, 4.69) is 63.6 Å². The Kier molecular flexibility index (Phi) is 7.02. The molecule has 1 aromatic carbocycles. The zero-order valence-corrected chi connectivity index (χ0v) is 19.1. The Labute approximate surface area is 185 Å². The zero-order valence-electron chi connectivity index (χ0n) is 18.3. The molecule has 0 bridgehead atoms. The van der Waals surface area contributed by atoms with Gasteiger partial charge in [-0.25, -0.2) is 4.98 Å². The van der Waals surface area contributed by atoms with Crippen LogP contribution in [0.25, 0.3) is 10.9 Å². The number of rotatable bonds is 5. The standard InChI is InChI=1S/C23H34N6S/c1-18-16-22(29-9-4-3-5-10-29)26-21-7-6-19(17-20(18)21)25-23(30)24-8-11-28-14-12-27(2)13-15-28/h6-7,16-17H,3-5,8-15H2,1-2H3,(H2,24,25,30). The van der Waals surface area contributed by atoms with Crippen LogP contribution in [0.4, 0.5) is 11.5 Å². The van der Waals surface area contributed by atoms with Crippen LogP contribution in [0.2, 0.25) is 0 Å². The first-order chi connectivity index (χ1) is 14.6. The zero-order chi connectivity index (χ0) is 20.9. The quantitative estimate of drug-likeness (QED) is 0.713. The highest BCUT2D eigenvalue weighted by Crippen LogP contribution is 2.26. The van der Waals surface area contributed by atoms with Crippen molar-refractivity contribution in [2.24, 2.45) is 0 Å². The van der Waals surface area contributed by atoms with Crippen LogP contribution in [0.5, 0.6) is 0 Å². The Hall–Kier alpha value is -1.96. The molecule has 2 aliphatic heterocycles. The van der Waals surface area contributed by atoms with Gasteiger partial charge in [0.05, 0.1) is 5.52 Å². The van der Waals surface area contributed by atoms with Crippen LogP contribution >= 0.6 is 12.2 Å². The molecule has 0 saturated carbocycles. The van der Waals surface area contributed by atoms with Gasteiger partial charge in [0.1, 0.15) is 5.82 Å². The fraction of sp³-hybridized carbons (Fsp3) is 0.565. The predicted octanol–water partition coefficient (Wildman–Crippen LogP) is 3.07. The molecule has 0 atom stereocenters. The lowest BCUT2D eigenvalue weighted by Gasteiger charge is -2.32. The van der Waals surface area contributed by atoms with Gasteiger partial charge in [0, 0.05) is 63.4 Å². The minimum absolute atomic E-state index is 0.680. The van der Waals surface area contributed by atoms with Crippen molar-refractivity contribution in [1.82, 2.24) is 20.1 Å². The molecular formula is C23H34N6S. The van der Waals surface area contributed by atoms with E-state index in [1.54, 1.807) is 0 Å². The molecule has 6 nitrogen and oxygen atoms in total. The van der Waals surface area contributed by atoms with Crippen molar-refractivity contribution in [2.45, 2.75) is 26.2 Å². The summed E-state index contributed by atoms with van der Waals surface area (Å²) >= 11 is 5.51. The third kappa shape index (κ3) is 5.39. The third-order valence-electron chi connectivity index (χ3n) is 6.25. The van der Waals surface area contributed by atoms with Crippen molar-refractivity contribution in [2.75, 3.05) is 69.6 Å². The van der Waals surface area contributed by atoms with Gasteiger partial charge in [0.15, 0.2) is 5.11 Å². The van der Waals surface area contributed by atoms with Crippen molar-refractivity contribution in [1.29, 1.82) is 0 Å². The number of aromatic nitrogens is 1. The molecule has 2 aromatic rings. The molecule has 162 valence electrons. The maximum absolute atomic E-state index is 5.51. The highest BCUT2D eigenvalue weighted by atomic mass is 32.1. The lowest BCUT2D eigenvalue weighted by atomic mass is 10.1. The fourth-order valence-corrected chi connectivity index (χ4v) is 4.53. The Bertz CT molecular complexity index is 871. The highest BCUT2D eigenvalue weighted by molar-refractivity contribution is 7.80. The first-order valence-corrected chi connectivity index (χ1v) is 11.6. The summed E-state index contributed by atoms with van der Waals surface area (Å²) in [5, 5.41) is 8.55. The molecule has 0 unspecified atom stereocenters. The maximum atomic E-state index is 5.51. The Balaban J connectivity index is 1.33. The number of nitrogens with one attached hydrogen (secondary N) is 2. The number of piperazine rings is 1. The molecule has 2 aliphatic rings. The van der Waals surface area contributed by atoms with E-state index in [1.807, 2.05) is 0 Å². The SMILES string of the molecule is Cc1cc(N2CCCCC2)nc2ccc(NC(=S)NCCN3CCN(C)CC3)cc12. The highest BCUT2D eigenvalue weighted by Gasteiger charge is 2.15. The molecule has 0 aliphatic carbocycles. The van der Waals surface area contributed by atoms with Crippen molar-refractivity contribution >= 4 is 39.7 Å². The molecule has 7 heteroatoms. The van der Waals surface area contributed by atoms with Crippen LogP contribution < -0.4 is 15.5 Å². The average molecular weight is 427 g/mol.